The first-order valence-corrected chi connectivity index (χ1v) is 11.6. The molecule has 2 aliphatic rings. The van der Waals surface area contributed by atoms with E-state index in [0.29, 0.717) is 5.56 Å². The lowest BCUT2D eigenvalue weighted by Gasteiger charge is -2.36. The molecule has 158 valence electrons. The highest BCUT2D eigenvalue weighted by Crippen LogP contribution is 2.37. The van der Waals surface area contributed by atoms with Crippen LogP contribution < -0.4 is 15.1 Å². The number of phenols is 1. The van der Waals surface area contributed by atoms with Crippen LogP contribution in [0, 0.1) is 11.3 Å². The van der Waals surface area contributed by atoms with Crippen molar-refractivity contribution in [2.75, 3.05) is 36.4 Å². The van der Waals surface area contributed by atoms with E-state index in [2.05, 4.69) is 16.3 Å². The number of piperazine rings is 1. The lowest BCUT2D eigenvalue weighted by atomic mass is 10.1. The molecule has 1 aromatic heterocycles. The number of aryl methyl sites for hydroxylation is 1. The Kier molecular flexibility index (Phi) is 6.26. The van der Waals surface area contributed by atoms with Crippen LogP contribution in [0.25, 0.3) is 0 Å². The first kappa shape index (κ1) is 20.7. The van der Waals surface area contributed by atoms with E-state index in [0.717, 1.165) is 68.1 Å². The number of nitrogens with zero attached hydrogens (tertiary/aromatic N) is 2. The third kappa shape index (κ3) is 4.30. The zero-order valence-corrected chi connectivity index (χ0v) is 18.2. The molecule has 6 nitrogen and oxygen atoms in total. The van der Waals surface area contributed by atoms with Crippen LogP contribution in [0.15, 0.2) is 24.3 Å². The minimum absolute atomic E-state index is 0.00371. The van der Waals surface area contributed by atoms with Crippen molar-refractivity contribution < 1.29 is 14.8 Å². The van der Waals surface area contributed by atoms with E-state index in [-0.39, 0.29) is 17.7 Å². The van der Waals surface area contributed by atoms with Crippen LogP contribution in [0.3, 0.4) is 0 Å². The maximum absolute atomic E-state index is 13.0. The molecule has 1 aliphatic heterocycles. The Morgan fingerprint density at radius 2 is 1.90 bits per heavy atom. The van der Waals surface area contributed by atoms with Crippen LogP contribution in [0.5, 0.6) is 5.75 Å². The third-order valence-corrected chi connectivity index (χ3v) is 7.60. The molecule has 1 saturated heterocycles. The van der Waals surface area contributed by atoms with E-state index in [1.807, 2.05) is 19.1 Å². The molecule has 0 unspecified atom stereocenters. The first-order valence-electron chi connectivity index (χ1n) is 10.8. The molecule has 3 N–H and O–H groups in total. The first-order chi connectivity index (χ1) is 14.6. The lowest BCUT2D eigenvalue weighted by molar-refractivity contribution is -0.914. The van der Waals surface area contributed by atoms with Gasteiger partial charge in [-0.1, -0.05) is 6.42 Å². The summed E-state index contributed by atoms with van der Waals surface area (Å²) in [5.74, 6) is 0.270. The van der Waals surface area contributed by atoms with Gasteiger partial charge in [-0.25, -0.2) is 0 Å². The fraction of sp³-hybridized carbons (Fsp3) is 0.478. The van der Waals surface area contributed by atoms with Gasteiger partial charge in [-0.15, -0.1) is 11.3 Å². The van der Waals surface area contributed by atoms with Crippen LogP contribution in [0.2, 0.25) is 0 Å². The number of aromatic hydroxyl groups is 1. The van der Waals surface area contributed by atoms with Crippen molar-refractivity contribution in [3.8, 4) is 11.8 Å². The van der Waals surface area contributed by atoms with Crippen LogP contribution in [-0.2, 0) is 17.6 Å². The second kappa shape index (κ2) is 9.07. The molecule has 2 aromatic rings. The Balaban J connectivity index is 1.38. The highest BCUT2D eigenvalue weighted by atomic mass is 32.1. The molecule has 2 heterocycles. The summed E-state index contributed by atoms with van der Waals surface area (Å²) in [6.45, 7) is 5.47. The van der Waals surface area contributed by atoms with Crippen LogP contribution in [0.1, 0.15) is 42.2 Å². The van der Waals surface area contributed by atoms with E-state index in [1.54, 1.807) is 23.5 Å². The molecule has 1 fully saturated rings. The Labute approximate surface area is 181 Å². The molecule has 1 atom stereocenters. The quantitative estimate of drug-likeness (QED) is 0.657. The summed E-state index contributed by atoms with van der Waals surface area (Å²) in [6.07, 6.45) is 5.47. The number of carbonyl (C=O) groups is 1. The van der Waals surface area contributed by atoms with Crippen molar-refractivity contribution in [3.05, 3.63) is 40.3 Å². The van der Waals surface area contributed by atoms with Gasteiger partial charge in [-0.2, -0.15) is 5.26 Å². The standard InChI is InChI=1S/C23H28N4O2S/c1-16(26-11-13-27(14-12-26)17-7-9-18(28)10-8-17)22(29)25-23-20(15-24)19-5-3-2-4-6-21(19)30-23/h7-10,16,28H,2-6,11-14H2,1H3,(H,25,29)/p+1/t16-/m0/s1. The average Bonchev–Trinajstić information content (AvgIpc) is 2.92. The van der Waals surface area contributed by atoms with Crippen molar-refractivity contribution in [2.24, 2.45) is 0 Å². The summed E-state index contributed by atoms with van der Waals surface area (Å²) in [7, 11) is 0. The van der Waals surface area contributed by atoms with Crippen molar-refractivity contribution in [1.82, 2.24) is 0 Å². The number of carbonyl (C=O) groups excluding carboxylic acids is 1. The van der Waals surface area contributed by atoms with Gasteiger partial charge < -0.3 is 20.2 Å². The monoisotopic (exact) mass is 425 g/mol. The maximum atomic E-state index is 13.0. The minimum Gasteiger partial charge on any atom is -0.508 e. The van der Waals surface area contributed by atoms with E-state index in [9.17, 15) is 15.2 Å². The summed E-state index contributed by atoms with van der Waals surface area (Å²) in [4.78, 5) is 17.8. The maximum Gasteiger partial charge on any atom is 0.283 e. The van der Waals surface area contributed by atoms with Crippen molar-refractivity contribution in [2.45, 2.75) is 45.1 Å². The molecule has 0 spiro atoms. The molecule has 0 bridgehead atoms. The number of rotatable bonds is 4. The summed E-state index contributed by atoms with van der Waals surface area (Å²) in [5, 5.41) is 23.0. The predicted molar refractivity (Wildman–Crippen MR) is 119 cm³/mol. The van der Waals surface area contributed by atoms with Gasteiger partial charge in [-0.05, 0) is 62.4 Å². The van der Waals surface area contributed by atoms with Crippen molar-refractivity contribution >= 4 is 27.9 Å². The fourth-order valence-corrected chi connectivity index (χ4v) is 5.75. The summed E-state index contributed by atoms with van der Waals surface area (Å²) in [6, 6.07) is 9.46. The molecule has 1 amide bonds. The Morgan fingerprint density at radius 3 is 2.60 bits per heavy atom. The number of thiophene rings is 1. The molecule has 0 radical (unpaired) electrons. The number of phenolic OH excluding ortho intramolecular Hbond substituents is 1. The van der Waals surface area contributed by atoms with Gasteiger partial charge in [-0.3, -0.25) is 4.79 Å². The molecule has 7 heteroatoms. The van der Waals surface area contributed by atoms with Crippen LogP contribution >= 0.6 is 11.3 Å². The molecular weight excluding hydrogens is 396 g/mol. The number of hydrogen-bond donors (Lipinski definition) is 3. The number of nitrogens with one attached hydrogen (secondary N) is 2. The van der Waals surface area contributed by atoms with Gasteiger partial charge in [0.1, 0.15) is 16.8 Å². The van der Waals surface area contributed by atoms with Crippen molar-refractivity contribution in [1.29, 1.82) is 5.26 Å². The minimum atomic E-state index is -0.166. The van der Waals surface area contributed by atoms with Crippen molar-refractivity contribution in [3.63, 3.8) is 0 Å². The second-order valence-electron chi connectivity index (χ2n) is 8.25. The number of nitriles is 1. The number of amides is 1. The summed E-state index contributed by atoms with van der Waals surface area (Å²) < 4.78 is 0. The van der Waals surface area contributed by atoms with E-state index in [1.165, 1.54) is 16.2 Å². The summed E-state index contributed by atoms with van der Waals surface area (Å²) >= 11 is 1.60. The number of fused-ring (bicyclic) bond motifs is 1. The smallest absolute Gasteiger partial charge is 0.283 e. The molecular formula is C23H29N4O2S+. The number of hydrogen-bond acceptors (Lipinski definition) is 5. The molecule has 1 aromatic carbocycles. The highest BCUT2D eigenvalue weighted by Gasteiger charge is 2.30. The predicted octanol–water partition coefficient (Wildman–Crippen LogP) is 2.33. The third-order valence-electron chi connectivity index (χ3n) is 6.40. The van der Waals surface area contributed by atoms with Gasteiger partial charge in [0.15, 0.2) is 6.04 Å². The van der Waals surface area contributed by atoms with Gasteiger partial charge in [0.05, 0.1) is 31.7 Å². The Bertz CT molecular complexity index is 939. The average molecular weight is 426 g/mol. The Hall–Kier alpha value is -2.56. The lowest BCUT2D eigenvalue weighted by Crippen LogP contribution is -3.19. The fourth-order valence-electron chi connectivity index (χ4n) is 4.50. The topological polar surface area (TPSA) is 80.8 Å². The van der Waals surface area contributed by atoms with Gasteiger partial charge in [0.25, 0.3) is 5.91 Å². The zero-order chi connectivity index (χ0) is 21.1. The number of quaternary nitrogens is 1. The molecule has 1 aliphatic carbocycles. The molecule has 30 heavy (non-hydrogen) atoms. The van der Waals surface area contributed by atoms with E-state index >= 15 is 0 Å². The number of benzene rings is 1. The van der Waals surface area contributed by atoms with Gasteiger partial charge in [0.2, 0.25) is 0 Å². The van der Waals surface area contributed by atoms with Crippen LogP contribution in [-0.4, -0.2) is 43.2 Å². The summed E-state index contributed by atoms with van der Waals surface area (Å²) in [5.41, 5.74) is 2.95. The van der Waals surface area contributed by atoms with E-state index < -0.39 is 0 Å². The SMILES string of the molecule is C[C@@H](C(=O)Nc1sc2c(c1C#N)CCCCC2)[NH+]1CCN(c2ccc(O)cc2)CC1. The van der Waals surface area contributed by atoms with Gasteiger partial charge >= 0.3 is 0 Å². The second-order valence-corrected chi connectivity index (χ2v) is 9.36. The zero-order valence-electron chi connectivity index (χ0n) is 17.4. The van der Waals surface area contributed by atoms with Gasteiger partial charge in [0, 0.05) is 10.6 Å². The molecule has 0 saturated carbocycles. The largest absolute Gasteiger partial charge is 0.508 e. The van der Waals surface area contributed by atoms with Crippen LogP contribution in [0.4, 0.5) is 10.7 Å². The normalized spacial score (nSPS) is 18.2. The highest BCUT2D eigenvalue weighted by molar-refractivity contribution is 7.16. The Morgan fingerprint density at radius 1 is 1.20 bits per heavy atom. The number of anilines is 2. The van der Waals surface area contributed by atoms with E-state index in [4.69, 9.17) is 0 Å². The molecule has 4 rings (SSSR count).